The Balaban J connectivity index is 1.84. The van der Waals surface area contributed by atoms with Crippen molar-refractivity contribution >= 4 is 38.4 Å². The van der Waals surface area contributed by atoms with Gasteiger partial charge in [0.05, 0.1) is 22.8 Å². The van der Waals surface area contributed by atoms with Gasteiger partial charge in [0.1, 0.15) is 6.54 Å². The van der Waals surface area contributed by atoms with Crippen molar-refractivity contribution in [1.82, 2.24) is 9.55 Å². The molecule has 0 spiro atoms. The molecule has 2 aromatic carbocycles. The molecule has 1 aromatic heterocycles. The number of rotatable bonds is 3. The molecule has 0 atom stereocenters. The van der Waals surface area contributed by atoms with E-state index in [4.69, 9.17) is 0 Å². The van der Waals surface area contributed by atoms with Crippen LogP contribution >= 0.6 is 15.9 Å². The summed E-state index contributed by atoms with van der Waals surface area (Å²) in [6, 6.07) is 8.50. The van der Waals surface area contributed by atoms with Crippen LogP contribution in [0.5, 0.6) is 0 Å². The third-order valence-corrected chi connectivity index (χ3v) is 4.62. The van der Waals surface area contributed by atoms with Crippen LogP contribution in [0.3, 0.4) is 0 Å². The lowest BCUT2D eigenvalue weighted by Gasteiger charge is -2.12. The third-order valence-electron chi connectivity index (χ3n) is 3.92. The van der Waals surface area contributed by atoms with Gasteiger partial charge in [-0.15, -0.1) is 0 Å². The van der Waals surface area contributed by atoms with Crippen molar-refractivity contribution in [3.05, 3.63) is 68.7 Å². The molecule has 0 bridgehead atoms. The zero-order valence-electron chi connectivity index (χ0n) is 14.0. The molecule has 1 heterocycles. The van der Waals surface area contributed by atoms with Gasteiger partial charge in [-0.1, -0.05) is 28.1 Å². The highest BCUT2D eigenvalue weighted by molar-refractivity contribution is 9.10. The topological polar surface area (TPSA) is 64.0 Å². The molecule has 140 valence electrons. The highest BCUT2D eigenvalue weighted by atomic mass is 79.9. The summed E-state index contributed by atoms with van der Waals surface area (Å²) >= 11 is 2.84. The van der Waals surface area contributed by atoms with E-state index >= 15 is 0 Å². The number of aryl methyl sites for hydroxylation is 1. The molecule has 1 N–H and O–H groups in total. The molecule has 1 amide bonds. The number of halogens is 4. The number of carbonyl (C=O) groups excluding carboxylic acids is 1. The van der Waals surface area contributed by atoms with Crippen molar-refractivity contribution in [2.75, 3.05) is 5.32 Å². The van der Waals surface area contributed by atoms with Crippen LogP contribution < -0.4 is 10.9 Å². The number of para-hydroxylation sites is 1. The monoisotopic (exact) mass is 439 g/mol. The average Bonchev–Trinajstić information content (AvgIpc) is 2.59. The molecule has 3 aromatic rings. The fraction of sp³-hybridized carbons (Fsp3) is 0.167. The molecule has 9 heteroatoms. The molecule has 0 aliphatic rings. The summed E-state index contributed by atoms with van der Waals surface area (Å²) < 4.78 is 39.8. The summed E-state index contributed by atoms with van der Waals surface area (Å²) in [5.41, 5.74) is 0.0525. The zero-order chi connectivity index (χ0) is 19.8. The van der Waals surface area contributed by atoms with E-state index in [1.165, 1.54) is 18.5 Å². The summed E-state index contributed by atoms with van der Waals surface area (Å²) in [5, 5.41) is 2.74. The van der Waals surface area contributed by atoms with Gasteiger partial charge in [-0.05, 0) is 36.8 Å². The molecule has 0 saturated carbocycles. The number of nitrogens with one attached hydrogen (secondary N) is 1. The van der Waals surface area contributed by atoms with E-state index in [2.05, 4.69) is 26.2 Å². The standard InChI is InChI=1S/C18H13BrF3N3O2/c1-10-3-2-4-12-16(10)23-9-25(17(12)27)8-15(26)24-11-5-6-14(19)13(7-11)18(20,21)22/h2-7,9H,8H2,1H3,(H,24,26). The lowest BCUT2D eigenvalue weighted by Crippen LogP contribution is -2.28. The van der Waals surface area contributed by atoms with Crippen molar-refractivity contribution in [2.24, 2.45) is 0 Å². The van der Waals surface area contributed by atoms with E-state index in [-0.39, 0.29) is 16.7 Å². The number of nitrogens with zero attached hydrogens (tertiary/aromatic N) is 2. The summed E-state index contributed by atoms with van der Waals surface area (Å²) in [5.74, 6) is -0.638. The molecule has 3 rings (SSSR count). The first-order valence-corrected chi connectivity index (χ1v) is 8.57. The lowest BCUT2D eigenvalue weighted by atomic mass is 10.1. The second-order valence-corrected chi connectivity index (χ2v) is 6.74. The molecule has 0 fully saturated rings. The minimum Gasteiger partial charge on any atom is -0.325 e. The summed E-state index contributed by atoms with van der Waals surface area (Å²) in [6.07, 6.45) is -3.31. The van der Waals surface area contributed by atoms with Crippen LogP contribution in [-0.2, 0) is 17.5 Å². The van der Waals surface area contributed by atoms with Gasteiger partial charge >= 0.3 is 6.18 Å². The highest BCUT2D eigenvalue weighted by Crippen LogP contribution is 2.36. The number of hydrogen-bond acceptors (Lipinski definition) is 3. The largest absolute Gasteiger partial charge is 0.417 e. The first-order chi connectivity index (χ1) is 12.7. The molecular weight excluding hydrogens is 427 g/mol. The number of fused-ring (bicyclic) bond motifs is 1. The first-order valence-electron chi connectivity index (χ1n) is 7.78. The lowest BCUT2D eigenvalue weighted by molar-refractivity contribution is -0.138. The Morgan fingerprint density at radius 1 is 1.26 bits per heavy atom. The minimum absolute atomic E-state index is 0.0202. The smallest absolute Gasteiger partial charge is 0.325 e. The predicted octanol–water partition coefficient (Wildman–Crippen LogP) is 4.12. The maximum absolute atomic E-state index is 13.0. The van der Waals surface area contributed by atoms with Crippen LogP contribution in [0.4, 0.5) is 18.9 Å². The quantitative estimate of drug-likeness (QED) is 0.667. The Hall–Kier alpha value is -2.68. The molecule has 0 saturated heterocycles. The first kappa shape index (κ1) is 19.1. The summed E-state index contributed by atoms with van der Waals surface area (Å²) in [4.78, 5) is 28.9. The van der Waals surface area contributed by atoms with Crippen molar-refractivity contribution in [3.8, 4) is 0 Å². The molecule has 0 aliphatic heterocycles. The van der Waals surface area contributed by atoms with Crippen molar-refractivity contribution in [2.45, 2.75) is 19.6 Å². The van der Waals surface area contributed by atoms with Gasteiger partial charge in [-0.2, -0.15) is 13.2 Å². The van der Waals surface area contributed by atoms with E-state index in [1.54, 1.807) is 12.1 Å². The van der Waals surface area contributed by atoms with Gasteiger partial charge in [-0.25, -0.2) is 4.98 Å². The van der Waals surface area contributed by atoms with E-state index in [1.807, 2.05) is 13.0 Å². The molecule has 0 unspecified atom stereocenters. The Morgan fingerprint density at radius 3 is 2.70 bits per heavy atom. The van der Waals surface area contributed by atoms with E-state index < -0.39 is 23.2 Å². The molecular formula is C18H13BrF3N3O2. The zero-order valence-corrected chi connectivity index (χ0v) is 15.6. The van der Waals surface area contributed by atoms with Crippen LogP contribution in [0.1, 0.15) is 11.1 Å². The van der Waals surface area contributed by atoms with Gasteiger partial charge in [0.15, 0.2) is 0 Å². The number of carbonyl (C=O) groups is 1. The number of amides is 1. The van der Waals surface area contributed by atoms with Crippen LogP contribution in [0.2, 0.25) is 0 Å². The van der Waals surface area contributed by atoms with E-state index in [0.717, 1.165) is 16.2 Å². The normalized spacial score (nSPS) is 11.6. The Kier molecular flexibility index (Phi) is 5.05. The maximum Gasteiger partial charge on any atom is 0.417 e. The van der Waals surface area contributed by atoms with Crippen LogP contribution in [0.25, 0.3) is 10.9 Å². The highest BCUT2D eigenvalue weighted by Gasteiger charge is 2.33. The van der Waals surface area contributed by atoms with Crippen LogP contribution in [0, 0.1) is 6.92 Å². The van der Waals surface area contributed by atoms with Gasteiger partial charge in [0.2, 0.25) is 5.91 Å². The Labute approximate surface area is 160 Å². The number of benzene rings is 2. The van der Waals surface area contributed by atoms with Gasteiger partial charge < -0.3 is 5.32 Å². The second-order valence-electron chi connectivity index (χ2n) is 5.89. The number of aromatic nitrogens is 2. The fourth-order valence-electron chi connectivity index (χ4n) is 2.63. The minimum atomic E-state index is -4.56. The fourth-order valence-corrected chi connectivity index (χ4v) is 3.10. The number of hydrogen-bond donors (Lipinski definition) is 1. The van der Waals surface area contributed by atoms with Gasteiger partial charge in [0, 0.05) is 10.2 Å². The van der Waals surface area contributed by atoms with Crippen LogP contribution in [-0.4, -0.2) is 15.5 Å². The molecule has 5 nitrogen and oxygen atoms in total. The van der Waals surface area contributed by atoms with Crippen LogP contribution in [0.15, 0.2) is 52.0 Å². The molecule has 0 aliphatic carbocycles. The third kappa shape index (κ3) is 4.02. The molecule has 0 radical (unpaired) electrons. The van der Waals surface area contributed by atoms with Crippen molar-refractivity contribution in [1.29, 1.82) is 0 Å². The van der Waals surface area contributed by atoms with E-state index in [9.17, 15) is 22.8 Å². The van der Waals surface area contributed by atoms with Gasteiger partial charge in [-0.3, -0.25) is 14.2 Å². The summed E-state index contributed by atoms with van der Waals surface area (Å²) in [7, 11) is 0. The predicted molar refractivity (Wildman–Crippen MR) is 98.5 cm³/mol. The average molecular weight is 440 g/mol. The van der Waals surface area contributed by atoms with Gasteiger partial charge in [0.25, 0.3) is 5.56 Å². The number of anilines is 1. The second kappa shape index (κ2) is 7.15. The van der Waals surface area contributed by atoms with Crippen molar-refractivity contribution in [3.63, 3.8) is 0 Å². The Morgan fingerprint density at radius 2 is 2.00 bits per heavy atom. The summed E-state index contributed by atoms with van der Waals surface area (Å²) in [6.45, 7) is 1.45. The maximum atomic E-state index is 13.0. The number of alkyl halides is 3. The van der Waals surface area contributed by atoms with E-state index in [0.29, 0.717) is 10.9 Å². The van der Waals surface area contributed by atoms with Crippen molar-refractivity contribution < 1.29 is 18.0 Å². The SMILES string of the molecule is Cc1cccc2c(=O)n(CC(=O)Nc3ccc(Br)c(C(F)(F)F)c3)cnc12. The molecule has 27 heavy (non-hydrogen) atoms. The Bertz CT molecular complexity index is 1090.